The predicted molar refractivity (Wildman–Crippen MR) is 76.0 cm³/mol. The zero-order valence-corrected chi connectivity index (χ0v) is 12.4. The Morgan fingerprint density at radius 1 is 1.53 bits per heavy atom. The second-order valence-electron chi connectivity index (χ2n) is 4.38. The average Bonchev–Trinajstić information content (AvgIpc) is 2.37. The normalized spacial score (nSPS) is 19.3. The summed E-state index contributed by atoms with van der Waals surface area (Å²) in [6.45, 7) is 1.14. The number of halogens is 2. The van der Waals surface area contributed by atoms with Gasteiger partial charge in [0.15, 0.2) is 0 Å². The van der Waals surface area contributed by atoms with Gasteiger partial charge in [-0.25, -0.2) is 0 Å². The first-order valence-electron chi connectivity index (χ1n) is 5.87. The number of nitro benzene ring substituents is 1. The van der Waals surface area contributed by atoms with Gasteiger partial charge in [0.1, 0.15) is 5.56 Å². The summed E-state index contributed by atoms with van der Waals surface area (Å²) in [6, 6.07) is 4.27. The molecule has 7 heteroatoms. The summed E-state index contributed by atoms with van der Waals surface area (Å²) in [5.41, 5.74) is -0.259. The van der Waals surface area contributed by atoms with Crippen LogP contribution in [0.25, 0.3) is 0 Å². The Kier molecular flexibility index (Phi) is 4.42. The molecule has 0 saturated carbocycles. The van der Waals surface area contributed by atoms with Gasteiger partial charge in [0, 0.05) is 24.0 Å². The largest absolute Gasteiger partial charge is 0.337 e. The second-order valence-corrected chi connectivity index (χ2v) is 6.08. The fourth-order valence-electron chi connectivity index (χ4n) is 2.14. The van der Waals surface area contributed by atoms with Crippen molar-refractivity contribution < 1.29 is 9.72 Å². The SMILES string of the molecule is O=C(c1c(Cl)cccc1[N+](=O)[O-])N1CCCC(Br)C1. The number of nitrogens with zero attached hydrogens (tertiary/aromatic N) is 2. The van der Waals surface area contributed by atoms with Gasteiger partial charge in [-0.2, -0.15) is 0 Å². The maximum absolute atomic E-state index is 12.4. The summed E-state index contributed by atoms with van der Waals surface area (Å²) in [6.07, 6.45) is 1.87. The fraction of sp³-hybridized carbons (Fsp3) is 0.417. The van der Waals surface area contributed by atoms with Crippen molar-refractivity contribution in [3.63, 3.8) is 0 Å². The van der Waals surface area contributed by atoms with E-state index in [-0.39, 0.29) is 27.0 Å². The number of amides is 1. The van der Waals surface area contributed by atoms with E-state index in [9.17, 15) is 14.9 Å². The molecule has 1 fully saturated rings. The smallest absolute Gasteiger partial charge is 0.283 e. The molecule has 1 aliphatic heterocycles. The van der Waals surface area contributed by atoms with Crippen LogP contribution in [-0.2, 0) is 0 Å². The Bertz CT molecular complexity index is 524. The van der Waals surface area contributed by atoms with E-state index in [1.165, 1.54) is 18.2 Å². The molecule has 1 aromatic rings. The molecule has 1 aromatic carbocycles. The van der Waals surface area contributed by atoms with Gasteiger partial charge in [-0.3, -0.25) is 14.9 Å². The molecule has 1 aliphatic rings. The van der Waals surface area contributed by atoms with Crippen molar-refractivity contribution in [1.82, 2.24) is 4.90 Å². The predicted octanol–water partition coefficient (Wildman–Crippen LogP) is 3.25. The summed E-state index contributed by atoms with van der Waals surface area (Å²) in [4.78, 5) is 24.7. The van der Waals surface area contributed by atoms with Crippen LogP contribution in [-0.4, -0.2) is 33.6 Å². The Morgan fingerprint density at radius 2 is 2.26 bits per heavy atom. The van der Waals surface area contributed by atoms with Gasteiger partial charge in [-0.05, 0) is 18.9 Å². The summed E-state index contributed by atoms with van der Waals surface area (Å²) >= 11 is 9.44. The van der Waals surface area contributed by atoms with Crippen LogP contribution >= 0.6 is 27.5 Å². The van der Waals surface area contributed by atoms with E-state index in [1.54, 1.807) is 4.90 Å². The lowest BCUT2D eigenvalue weighted by Gasteiger charge is -2.30. The van der Waals surface area contributed by atoms with Crippen LogP contribution in [0.15, 0.2) is 18.2 Å². The van der Waals surface area contributed by atoms with Crippen molar-refractivity contribution in [2.75, 3.05) is 13.1 Å². The number of hydrogen-bond donors (Lipinski definition) is 0. The minimum atomic E-state index is -0.575. The van der Waals surface area contributed by atoms with E-state index >= 15 is 0 Å². The van der Waals surface area contributed by atoms with Crippen molar-refractivity contribution >= 4 is 39.1 Å². The van der Waals surface area contributed by atoms with Gasteiger partial charge < -0.3 is 4.90 Å². The molecule has 1 heterocycles. The zero-order chi connectivity index (χ0) is 14.0. The fourth-order valence-corrected chi connectivity index (χ4v) is 3.07. The quantitative estimate of drug-likeness (QED) is 0.469. The highest BCUT2D eigenvalue weighted by molar-refractivity contribution is 9.09. The summed E-state index contributed by atoms with van der Waals surface area (Å²) in [5, 5.41) is 11.1. The van der Waals surface area contributed by atoms with Crippen LogP contribution in [0.2, 0.25) is 5.02 Å². The van der Waals surface area contributed by atoms with Gasteiger partial charge in [-0.15, -0.1) is 0 Å². The highest BCUT2D eigenvalue weighted by Crippen LogP contribution is 2.29. The van der Waals surface area contributed by atoms with E-state index in [1.807, 2.05) is 0 Å². The zero-order valence-electron chi connectivity index (χ0n) is 10.0. The molecule has 0 N–H and O–H groups in total. The number of nitro groups is 1. The Hall–Kier alpha value is -1.14. The Labute approximate surface area is 123 Å². The van der Waals surface area contributed by atoms with E-state index < -0.39 is 4.92 Å². The molecule has 1 atom stereocenters. The number of benzene rings is 1. The molecule has 1 amide bonds. The van der Waals surface area contributed by atoms with Crippen LogP contribution in [0.4, 0.5) is 5.69 Å². The number of hydrogen-bond acceptors (Lipinski definition) is 3. The second kappa shape index (κ2) is 5.88. The topological polar surface area (TPSA) is 63.4 Å². The first kappa shape index (κ1) is 14.3. The minimum absolute atomic E-state index is 0.0178. The lowest BCUT2D eigenvalue weighted by atomic mass is 10.1. The Balaban J connectivity index is 2.35. The first-order valence-corrected chi connectivity index (χ1v) is 7.16. The van der Waals surface area contributed by atoms with Crippen LogP contribution in [0.3, 0.4) is 0 Å². The summed E-state index contributed by atoms with van der Waals surface area (Å²) < 4.78 is 0. The van der Waals surface area contributed by atoms with E-state index in [0.29, 0.717) is 13.1 Å². The third kappa shape index (κ3) is 3.06. The van der Waals surface area contributed by atoms with Gasteiger partial charge >= 0.3 is 0 Å². The number of carbonyl (C=O) groups is 1. The van der Waals surface area contributed by atoms with E-state index in [0.717, 1.165) is 12.8 Å². The van der Waals surface area contributed by atoms with Gasteiger partial charge in [-0.1, -0.05) is 33.6 Å². The summed E-state index contributed by atoms with van der Waals surface area (Å²) in [5.74, 6) is -0.374. The van der Waals surface area contributed by atoms with Crippen LogP contribution in [0.5, 0.6) is 0 Å². The van der Waals surface area contributed by atoms with Crippen LogP contribution in [0, 0.1) is 10.1 Å². The number of likely N-dealkylation sites (tertiary alicyclic amines) is 1. The van der Waals surface area contributed by atoms with Crippen molar-refractivity contribution in [3.05, 3.63) is 38.9 Å². The minimum Gasteiger partial charge on any atom is -0.337 e. The average molecular weight is 348 g/mol. The molecule has 2 rings (SSSR count). The molecule has 1 unspecified atom stereocenters. The molecule has 5 nitrogen and oxygen atoms in total. The third-order valence-corrected chi connectivity index (χ3v) is 4.12. The van der Waals surface area contributed by atoms with Gasteiger partial charge in [0.05, 0.1) is 9.95 Å². The third-order valence-electron chi connectivity index (χ3n) is 3.05. The van der Waals surface area contributed by atoms with Crippen molar-refractivity contribution in [2.45, 2.75) is 17.7 Å². The lowest BCUT2D eigenvalue weighted by molar-refractivity contribution is -0.385. The molecule has 0 bridgehead atoms. The van der Waals surface area contributed by atoms with Crippen molar-refractivity contribution in [1.29, 1.82) is 0 Å². The highest BCUT2D eigenvalue weighted by atomic mass is 79.9. The molecular weight excluding hydrogens is 336 g/mol. The maximum Gasteiger partial charge on any atom is 0.283 e. The molecule has 19 heavy (non-hydrogen) atoms. The van der Waals surface area contributed by atoms with Crippen LogP contribution < -0.4 is 0 Å². The van der Waals surface area contributed by atoms with Crippen molar-refractivity contribution in [2.24, 2.45) is 0 Å². The summed E-state index contributed by atoms with van der Waals surface area (Å²) in [7, 11) is 0. The lowest BCUT2D eigenvalue weighted by Crippen LogP contribution is -2.40. The van der Waals surface area contributed by atoms with E-state index in [2.05, 4.69) is 15.9 Å². The number of alkyl halides is 1. The first-order chi connectivity index (χ1) is 9.00. The highest BCUT2D eigenvalue weighted by Gasteiger charge is 2.29. The number of piperidine rings is 1. The molecule has 0 spiro atoms. The molecule has 0 radical (unpaired) electrons. The van der Waals surface area contributed by atoms with Crippen LogP contribution in [0.1, 0.15) is 23.2 Å². The molecule has 0 aromatic heterocycles. The van der Waals surface area contributed by atoms with Crippen molar-refractivity contribution in [3.8, 4) is 0 Å². The monoisotopic (exact) mass is 346 g/mol. The molecule has 102 valence electrons. The molecular formula is C12H12BrClN2O3. The standard InChI is InChI=1S/C12H12BrClN2O3/c13-8-3-2-6-15(7-8)12(17)11-9(14)4-1-5-10(11)16(18)19/h1,4-5,8H,2-3,6-7H2. The molecule has 0 aliphatic carbocycles. The number of carbonyl (C=O) groups excluding carboxylic acids is 1. The number of rotatable bonds is 2. The van der Waals surface area contributed by atoms with E-state index in [4.69, 9.17) is 11.6 Å². The maximum atomic E-state index is 12.4. The van der Waals surface area contributed by atoms with Gasteiger partial charge in [0.2, 0.25) is 0 Å². The Morgan fingerprint density at radius 3 is 2.89 bits per heavy atom. The molecule has 1 saturated heterocycles. The van der Waals surface area contributed by atoms with Gasteiger partial charge in [0.25, 0.3) is 11.6 Å².